The second kappa shape index (κ2) is 11.4. The quantitative estimate of drug-likeness (QED) is 0.626. The minimum atomic E-state index is -0.549. The molecule has 0 aliphatic rings. The standard InChI is InChI=1S/C25H34N2O3/c1-6-23(25(29)26-19(4)5)27(16-20-10-8-7-9-11-20)24(28)17-30-22-14-12-21(13-15-22)18(2)3/h7-15,18-19,23H,6,16-17H2,1-5H3,(H,26,29)/t23-/m0/s1. The van der Waals surface area contributed by atoms with E-state index >= 15 is 0 Å². The van der Waals surface area contributed by atoms with Gasteiger partial charge in [-0.1, -0.05) is 63.2 Å². The lowest BCUT2D eigenvalue weighted by molar-refractivity contribution is -0.143. The third-order valence-electron chi connectivity index (χ3n) is 4.92. The lowest BCUT2D eigenvalue weighted by Gasteiger charge is -2.31. The molecule has 1 atom stereocenters. The summed E-state index contributed by atoms with van der Waals surface area (Å²) in [6, 6.07) is 17.0. The number of carbonyl (C=O) groups is 2. The lowest BCUT2D eigenvalue weighted by atomic mass is 10.0. The molecule has 0 aliphatic heterocycles. The van der Waals surface area contributed by atoms with Crippen molar-refractivity contribution in [1.82, 2.24) is 10.2 Å². The Kier molecular flexibility index (Phi) is 8.90. The van der Waals surface area contributed by atoms with E-state index in [0.717, 1.165) is 5.56 Å². The fraction of sp³-hybridized carbons (Fsp3) is 0.440. The number of hydrogen-bond acceptors (Lipinski definition) is 3. The van der Waals surface area contributed by atoms with Gasteiger partial charge in [0, 0.05) is 12.6 Å². The van der Waals surface area contributed by atoms with Gasteiger partial charge in [-0.2, -0.15) is 0 Å². The molecule has 0 bridgehead atoms. The summed E-state index contributed by atoms with van der Waals surface area (Å²) in [6.45, 7) is 10.3. The van der Waals surface area contributed by atoms with Gasteiger partial charge in [0.25, 0.3) is 5.91 Å². The molecular weight excluding hydrogens is 376 g/mol. The van der Waals surface area contributed by atoms with E-state index in [9.17, 15) is 9.59 Å². The minimum absolute atomic E-state index is 0.0101. The highest BCUT2D eigenvalue weighted by molar-refractivity contribution is 5.88. The first-order valence-electron chi connectivity index (χ1n) is 10.7. The van der Waals surface area contributed by atoms with Gasteiger partial charge in [-0.25, -0.2) is 0 Å². The van der Waals surface area contributed by atoms with Crippen LogP contribution in [0.5, 0.6) is 5.75 Å². The summed E-state index contributed by atoms with van der Waals surface area (Å²) in [4.78, 5) is 27.5. The van der Waals surface area contributed by atoms with Gasteiger partial charge in [-0.15, -0.1) is 0 Å². The van der Waals surface area contributed by atoms with Gasteiger partial charge in [-0.3, -0.25) is 9.59 Å². The van der Waals surface area contributed by atoms with Crippen LogP contribution in [-0.2, 0) is 16.1 Å². The summed E-state index contributed by atoms with van der Waals surface area (Å²) in [7, 11) is 0. The number of rotatable bonds is 10. The molecule has 162 valence electrons. The van der Waals surface area contributed by atoms with E-state index in [1.54, 1.807) is 4.90 Å². The zero-order valence-corrected chi connectivity index (χ0v) is 18.7. The van der Waals surface area contributed by atoms with E-state index in [1.807, 2.05) is 75.4 Å². The van der Waals surface area contributed by atoms with Crippen molar-refractivity contribution >= 4 is 11.8 Å². The number of hydrogen-bond donors (Lipinski definition) is 1. The van der Waals surface area contributed by atoms with Crippen LogP contribution in [0.15, 0.2) is 54.6 Å². The Bertz CT molecular complexity index is 801. The zero-order chi connectivity index (χ0) is 22.1. The number of nitrogens with one attached hydrogen (secondary N) is 1. The van der Waals surface area contributed by atoms with E-state index in [0.29, 0.717) is 24.6 Å². The van der Waals surface area contributed by atoms with E-state index in [4.69, 9.17) is 4.74 Å². The highest BCUT2D eigenvalue weighted by atomic mass is 16.5. The maximum atomic E-state index is 13.1. The normalized spacial score (nSPS) is 12.0. The Balaban J connectivity index is 2.15. The van der Waals surface area contributed by atoms with Crippen molar-refractivity contribution in [2.75, 3.05) is 6.61 Å². The molecule has 0 heterocycles. The van der Waals surface area contributed by atoms with Gasteiger partial charge in [0.15, 0.2) is 6.61 Å². The number of amides is 2. The van der Waals surface area contributed by atoms with Gasteiger partial charge in [0.1, 0.15) is 11.8 Å². The Morgan fingerprint density at radius 1 is 0.967 bits per heavy atom. The molecule has 30 heavy (non-hydrogen) atoms. The zero-order valence-electron chi connectivity index (χ0n) is 18.7. The molecule has 0 saturated heterocycles. The van der Waals surface area contributed by atoms with Crippen LogP contribution in [0.4, 0.5) is 0 Å². The summed E-state index contributed by atoms with van der Waals surface area (Å²) >= 11 is 0. The number of carbonyl (C=O) groups excluding carboxylic acids is 2. The second-order valence-electron chi connectivity index (χ2n) is 8.11. The third kappa shape index (κ3) is 6.90. The van der Waals surface area contributed by atoms with E-state index in [1.165, 1.54) is 5.56 Å². The maximum absolute atomic E-state index is 13.1. The lowest BCUT2D eigenvalue weighted by Crippen LogP contribution is -2.51. The van der Waals surface area contributed by atoms with Crippen LogP contribution in [0.25, 0.3) is 0 Å². The molecule has 0 aliphatic carbocycles. The van der Waals surface area contributed by atoms with E-state index in [-0.39, 0.29) is 24.5 Å². The topological polar surface area (TPSA) is 58.6 Å². The van der Waals surface area contributed by atoms with Crippen molar-refractivity contribution in [2.24, 2.45) is 0 Å². The molecule has 5 heteroatoms. The van der Waals surface area contributed by atoms with Crippen molar-refractivity contribution < 1.29 is 14.3 Å². The first kappa shape index (κ1) is 23.5. The second-order valence-corrected chi connectivity index (χ2v) is 8.11. The monoisotopic (exact) mass is 410 g/mol. The molecule has 0 fully saturated rings. The minimum Gasteiger partial charge on any atom is -0.484 e. The van der Waals surface area contributed by atoms with E-state index < -0.39 is 6.04 Å². The molecule has 2 rings (SSSR count). The largest absolute Gasteiger partial charge is 0.484 e. The summed E-state index contributed by atoms with van der Waals surface area (Å²) in [5.41, 5.74) is 2.19. The molecular formula is C25H34N2O3. The van der Waals surface area contributed by atoms with Crippen LogP contribution in [0, 0.1) is 0 Å². The Labute approximate surface area is 180 Å². The molecule has 5 nitrogen and oxygen atoms in total. The molecule has 0 saturated carbocycles. The van der Waals surface area contributed by atoms with Gasteiger partial charge < -0.3 is 15.0 Å². The highest BCUT2D eigenvalue weighted by Crippen LogP contribution is 2.19. The van der Waals surface area contributed by atoms with Gasteiger partial charge >= 0.3 is 0 Å². The number of nitrogens with zero attached hydrogens (tertiary/aromatic N) is 1. The van der Waals surface area contributed by atoms with Crippen molar-refractivity contribution in [3.05, 3.63) is 65.7 Å². The van der Waals surface area contributed by atoms with Gasteiger partial charge in [0.05, 0.1) is 0 Å². The summed E-state index contributed by atoms with van der Waals surface area (Å²) < 4.78 is 5.75. The van der Waals surface area contributed by atoms with Crippen molar-refractivity contribution in [3.8, 4) is 5.75 Å². The summed E-state index contributed by atoms with van der Waals surface area (Å²) in [5, 5.41) is 2.93. The van der Waals surface area contributed by atoms with Crippen LogP contribution in [-0.4, -0.2) is 35.4 Å². The third-order valence-corrected chi connectivity index (χ3v) is 4.92. The SMILES string of the molecule is CC[C@@H](C(=O)NC(C)C)N(Cc1ccccc1)C(=O)COc1ccc(C(C)C)cc1. The van der Waals surface area contributed by atoms with Crippen molar-refractivity contribution in [1.29, 1.82) is 0 Å². The average molecular weight is 411 g/mol. The highest BCUT2D eigenvalue weighted by Gasteiger charge is 2.29. The van der Waals surface area contributed by atoms with Crippen LogP contribution in [0.1, 0.15) is 58.1 Å². The molecule has 2 amide bonds. The Hall–Kier alpha value is -2.82. The maximum Gasteiger partial charge on any atom is 0.261 e. The smallest absolute Gasteiger partial charge is 0.261 e. The van der Waals surface area contributed by atoms with Crippen LogP contribution in [0.2, 0.25) is 0 Å². The fourth-order valence-corrected chi connectivity index (χ4v) is 3.26. The first-order valence-corrected chi connectivity index (χ1v) is 10.7. The Morgan fingerprint density at radius 2 is 1.60 bits per heavy atom. The van der Waals surface area contributed by atoms with Crippen LogP contribution in [0.3, 0.4) is 0 Å². The van der Waals surface area contributed by atoms with Crippen LogP contribution >= 0.6 is 0 Å². The van der Waals surface area contributed by atoms with Crippen LogP contribution < -0.4 is 10.1 Å². The summed E-state index contributed by atoms with van der Waals surface area (Å²) in [6.07, 6.45) is 0.528. The number of benzene rings is 2. The average Bonchev–Trinajstić information content (AvgIpc) is 2.72. The fourth-order valence-electron chi connectivity index (χ4n) is 3.26. The molecule has 2 aromatic carbocycles. The van der Waals surface area contributed by atoms with Crippen molar-refractivity contribution in [2.45, 2.75) is 65.6 Å². The molecule has 2 aromatic rings. The predicted molar refractivity (Wildman–Crippen MR) is 120 cm³/mol. The first-order chi connectivity index (χ1) is 14.3. The van der Waals surface area contributed by atoms with Gasteiger partial charge in [-0.05, 0) is 49.4 Å². The molecule has 1 N–H and O–H groups in total. The molecule has 0 radical (unpaired) electrons. The van der Waals surface area contributed by atoms with Gasteiger partial charge in [0.2, 0.25) is 5.91 Å². The van der Waals surface area contributed by atoms with Crippen molar-refractivity contribution in [3.63, 3.8) is 0 Å². The molecule has 0 unspecified atom stereocenters. The van der Waals surface area contributed by atoms with E-state index in [2.05, 4.69) is 19.2 Å². The number of ether oxygens (including phenoxy) is 1. The summed E-state index contributed by atoms with van der Waals surface area (Å²) in [5.74, 6) is 0.731. The predicted octanol–water partition coefficient (Wildman–Crippen LogP) is 4.52. The molecule has 0 aromatic heterocycles. The Morgan fingerprint density at radius 3 is 2.13 bits per heavy atom. The molecule has 0 spiro atoms.